The number of nitrogens with two attached hydrogens (primary N) is 1. The molecule has 0 bridgehead atoms. The van der Waals surface area contributed by atoms with Crippen LogP contribution in [0.4, 0.5) is 4.39 Å². The van der Waals surface area contributed by atoms with Crippen molar-refractivity contribution in [2.24, 2.45) is 11.1 Å². The van der Waals surface area contributed by atoms with Crippen molar-refractivity contribution in [3.8, 4) is 16.4 Å². The smallest absolute Gasteiger partial charge is 0.293 e. The van der Waals surface area contributed by atoms with Crippen molar-refractivity contribution >= 4 is 29.7 Å². The van der Waals surface area contributed by atoms with Crippen molar-refractivity contribution in [1.82, 2.24) is 19.7 Å². The number of carbonyl (C=O) groups excluding carboxylic acids is 1. The molecule has 2 N–H and O–H groups in total. The highest BCUT2D eigenvalue weighted by atomic mass is 35.5. The minimum absolute atomic E-state index is 0. The number of rotatable bonds is 6. The monoisotopic (exact) mass is 423 g/mol. The Morgan fingerprint density at radius 3 is 2.68 bits per heavy atom. The molecule has 9 heteroatoms. The fraction of sp³-hybridized carbons (Fsp3) is 0.316. The Morgan fingerprint density at radius 2 is 2.07 bits per heavy atom. The molecule has 2 heterocycles. The van der Waals surface area contributed by atoms with Gasteiger partial charge in [-0.05, 0) is 41.6 Å². The van der Waals surface area contributed by atoms with Crippen LogP contribution in [0.15, 0.2) is 41.8 Å². The summed E-state index contributed by atoms with van der Waals surface area (Å²) in [6.45, 7) is 4.92. The molecule has 0 saturated heterocycles. The molecule has 6 nitrogen and oxygen atoms in total. The van der Waals surface area contributed by atoms with Gasteiger partial charge in [0.05, 0.1) is 10.6 Å². The lowest BCUT2D eigenvalue weighted by Crippen LogP contribution is -2.40. The summed E-state index contributed by atoms with van der Waals surface area (Å²) < 4.78 is 15.2. The lowest BCUT2D eigenvalue weighted by Gasteiger charge is -2.28. The zero-order valence-corrected chi connectivity index (χ0v) is 17.6. The van der Waals surface area contributed by atoms with E-state index in [-0.39, 0.29) is 35.4 Å². The van der Waals surface area contributed by atoms with E-state index in [1.165, 1.54) is 28.2 Å². The molecule has 1 amide bonds. The molecule has 2 aromatic heterocycles. The Morgan fingerprint density at radius 1 is 1.32 bits per heavy atom. The summed E-state index contributed by atoms with van der Waals surface area (Å²) in [4.78, 5) is 19.7. The minimum atomic E-state index is -0.380. The van der Waals surface area contributed by atoms with Crippen LogP contribution in [-0.4, -0.2) is 45.7 Å². The predicted molar refractivity (Wildman–Crippen MR) is 112 cm³/mol. The maximum absolute atomic E-state index is 13.7. The van der Waals surface area contributed by atoms with Crippen LogP contribution in [-0.2, 0) is 0 Å². The summed E-state index contributed by atoms with van der Waals surface area (Å²) in [7, 11) is 1.70. The Balaban J connectivity index is 0.00000280. The molecule has 0 atom stereocenters. The van der Waals surface area contributed by atoms with Gasteiger partial charge < -0.3 is 10.6 Å². The lowest BCUT2D eigenvalue weighted by atomic mass is 9.93. The molecule has 28 heavy (non-hydrogen) atoms. The first-order chi connectivity index (χ1) is 12.8. The van der Waals surface area contributed by atoms with E-state index in [1.54, 1.807) is 24.1 Å². The molecular formula is C19H23ClFN5OS. The van der Waals surface area contributed by atoms with Gasteiger partial charge in [-0.15, -0.1) is 28.8 Å². The number of benzene rings is 1. The van der Waals surface area contributed by atoms with Crippen LogP contribution in [0.25, 0.3) is 16.4 Å². The predicted octanol–water partition coefficient (Wildman–Crippen LogP) is 3.61. The summed E-state index contributed by atoms with van der Waals surface area (Å²) in [5.41, 5.74) is 6.06. The van der Waals surface area contributed by atoms with Gasteiger partial charge >= 0.3 is 0 Å². The minimum Gasteiger partial charge on any atom is -0.338 e. The number of carbonyl (C=O) groups is 1. The summed E-state index contributed by atoms with van der Waals surface area (Å²) in [5, 5.41) is 6.29. The summed E-state index contributed by atoms with van der Waals surface area (Å²) in [5.74, 6) is -0.109. The van der Waals surface area contributed by atoms with E-state index in [9.17, 15) is 9.18 Å². The number of amides is 1. The van der Waals surface area contributed by atoms with E-state index < -0.39 is 0 Å². The molecule has 0 unspecified atom stereocenters. The Kier molecular flexibility index (Phi) is 6.92. The highest BCUT2D eigenvalue weighted by Gasteiger charge is 2.26. The van der Waals surface area contributed by atoms with Crippen molar-refractivity contribution in [2.75, 3.05) is 20.1 Å². The van der Waals surface area contributed by atoms with Gasteiger partial charge in [-0.3, -0.25) is 4.79 Å². The van der Waals surface area contributed by atoms with E-state index in [2.05, 4.69) is 10.1 Å². The molecule has 0 saturated carbocycles. The molecular weight excluding hydrogens is 401 g/mol. The number of hydrogen-bond acceptors (Lipinski definition) is 5. The third-order valence-corrected chi connectivity index (χ3v) is 5.02. The molecule has 0 fully saturated rings. The average molecular weight is 424 g/mol. The van der Waals surface area contributed by atoms with Crippen LogP contribution in [0.5, 0.6) is 0 Å². The van der Waals surface area contributed by atoms with E-state index in [4.69, 9.17) is 5.73 Å². The van der Waals surface area contributed by atoms with Crippen molar-refractivity contribution < 1.29 is 9.18 Å². The van der Waals surface area contributed by atoms with Gasteiger partial charge in [-0.1, -0.05) is 26.0 Å². The highest BCUT2D eigenvalue weighted by molar-refractivity contribution is 7.13. The Bertz CT molecular complexity index is 942. The number of thiophene rings is 1. The van der Waals surface area contributed by atoms with Crippen LogP contribution < -0.4 is 5.73 Å². The fourth-order valence-corrected chi connectivity index (χ4v) is 3.40. The summed E-state index contributed by atoms with van der Waals surface area (Å²) in [6, 6.07) is 9.83. The number of halogens is 2. The second kappa shape index (κ2) is 8.81. The van der Waals surface area contributed by atoms with Crippen molar-refractivity contribution in [3.63, 3.8) is 0 Å². The second-order valence-electron chi connectivity index (χ2n) is 7.16. The van der Waals surface area contributed by atoms with Crippen LogP contribution in [0.3, 0.4) is 0 Å². The molecule has 150 valence electrons. The zero-order chi connectivity index (χ0) is 19.6. The first kappa shape index (κ1) is 22.0. The zero-order valence-electron chi connectivity index (χ0n) is 15.9. The topological polar surface area (TPSA) is 77.0 Å². The molecule has 0 aliphatic rings. The van der Waals surface area contributed by atoms with E-state index in [1.807, 2.05) is 31.4 Å². The van der Waals surface area contributed by atoms with Gasteiger partial charge in [0.25, 0.3) is 5.91 Å². The molecule has 3 rings (SSSR count). The third-order valence-electron chi connectivity index (χ3n) is 4.16. The fourth-order valence-electron chi connectivity index (χ4n) is 2.70. The first-order valence-corrected chi connectivity index (χ1v) is 9.41. The van der Waals surface area contributed by atoms with Crippen molar-refractivity contribution in [1.29, 1.82) is 0 Å². The normalized spacial score (nSPS) is 11.2. The molecule has 0 aliphatic heterocycles. The molecule has 0 aliphatic carbocycles. The number of aromatic nitrogens is 3. The van der Waals surface area contributed by atoms with Gasteiger partial charge in [-0.25, -0.2) is 14.1 Å². The van der Waals surface area contributed by atoms with E-state index >= 15 is 0 Å². The maximum atomic E-state index is 13.7. The van der Waals surface area contributed by atoms with Crippen LogP contribution in [0, 0.1) is 11.2 Å². The van der Waals surface area contributed by atoms with Gasteiger partial charge in [0.1, 0.15) is 5.82 Å². The van der Waals surface area contributed by atoms with Crippen LogP contribution >= 0.6 is 23.7 Å². The van der Waals surface area contributed by atoms with Gasteiger partial charge in [0, 0.05) is 13.6 Å². The largest absolute Gasteiger partial charge is 0.338 e. The molecule has 0 radical (unpaired) electrons. The molecule has 0 spiro atoms. The number of nitrogens with zero attached hydrogens (tertiary/aromatic N) is 4. The first-order valence-electron chi connectivity index (χ1n) is 8.53. The van der Waals surface area contributed by atoms with Crippen LogP contribution in [0.1, 0.15) is 24.5 Å². The molecule has 1 aromatic carbocycles. The van der Waals surface area contributed by atoms with Gasteiger partial charge in [0.2, 0.25) is 5.82 Å². The standard InChI is InChI=1S/C19H22FN5OS.ClH/c1-19(2,11-21)12-24(3)18(26)16-22-17(15-8-5-9-27-15)25(23-16)14-7-4-6-13(20)10-14;/h4-10H,11-12,21H2,1-3H3;1H. The quantitative estimate of drug-likeness (QED) is 0.657. The average Bonchev–Trinajstić information content (AvgIpc) is 3.30. The number of hydrogen-bond donors (Lipinski definition) is 1. The van der Waals surface area contributed by atoms with Crippen LogP contribution in [0.2, 0.25) is 0 Å². The Hall–Kier alpha value is -2.29. The molecule has 3 aromatic rings. The maximum Gasteiger partial charge on any atom is 0.293 e. The Labute approximate surface area is 173 Å². The summed E-state index contributed by atoms with van der Waals surface area (Å²) in [6.07, 6.45) is 0. The SMILES string of the molecule is CN(CC(C)(C)CN)C(=O)c1nc(-c2cccs2)n(-c2cccc(F)c2)n1.Cl. The van der Waals surface area contributed by atoms with E-state index in [0.29, 0.717) is 24.6 Å². The lowest BCUT2D eigenvalue weighted by molar-refractivity contribution is 0.0728. The second-order valence-corrected chi connectivity index (χ2v) is 8.11. The van der Waals surface area contributed by atoms with Crippen molar-refractivity contribution in [2.45, 2.75) is 13.8 Å². The summed E-state index contributed by atoms with van der Waals surface area (Å²) >= 11 is 1.48. The van der Waals surface area contributed by atoms with Crippen molar-refractivity contribution in [3.05, 3.63) is 53.4 Å². The highest BCUT2D eigenvalue weighted by Crippen LogP contribution is 2.26. The van der Waals surface area contributed by atoms with Gasteiger partial charge in [-0.2, -0.15) is 0 Å². The van der Waals surface area contributed by atoms with Gasteiger partial charge in [0.15, 0.2) is 5.82 Å². The van der Waals surface area contributed by atoms with E-state index in [0.717, 1.165) is 4.88 Å². The third kappa shape index (κ3) is 4.76.